The molecule has 0 atom stereocenters. The van der Waals surface area contributed by atoms with Crippen LogP contribution >= 0.6 is 11.8 Å². The summed E-state index contributed by atoms with van der Waals surface area (Å²) in [5.41, 5.74) is 0. The smallest absolute Gasteiger partial charge is 0.0823 e. The van der Waals surface area contributed by atoms with E-state index in [1.165, 1.54) is 12.2 Å². The Bertz CT molecular complexity index is 85.7. The first kappa shape index (κ1) is 8.37. The highest BCUT2D eigenvalue weighted by Gasteiger charge is 2.15. The molecule has 1 saturated heterocycles. The van der Waals surface area contributed by atoms with E-state index in [-0.39, 0.29) is 0 Å². The first-order valence-electron chi connectivity index (χ1n) is 3.74. The molecule has 1 heterocycles. The molecule has 0 bridgehead atoms. The Morgan fingerprint density at radius 1 is 1.60 bits per heavy atom. The Balaban J connectivity index is 1.76. The van der Waals surface area contributed by atoms with E-state index >= 15 is 0 Å². The lowest BCUT2D eigenvalue weighted by Crippen LogP contribution is -2.48. The van der Waals surface area contributed by atoms with Crippen LogP contribution in [0.2, 0.25) is 0 Å². The van der Waals surface area contributed by atoms with Crippen molar-refractivity contribution in [1.82, 2.24) is 5.32 Å². The molecule has 10 heavy (non-hydrogen) atoms. The molecule has 1 rings (SSSR count). The molecule has 0 aromatic rings. The second-order valence-electron chi connectivity index (χ2n) is 2.50. The van der Waals surface area contributed by atoms with Gasteiger partial charge in [-0.1, -0.05) is 0 Å². The van der Waals surface area contributed by atoms with Crippen molar-refractivity contribution in [2.24, 2.45) is 0 Å². The van der Waals surface area contributed by atoms with Gasteiger partial charge >= 0.3 is 0 Å². The quantitative estimate of drug-likeness (QED) is 0.601. The van der Waals surface area contributed by atoms with Crippen molar-refractivity contribution in [3.63, 3.8) is 0 Å². The van der Waals surface area contributed by atoms with Crippen molar-refractivity contribution in [3.8, 4) is 0 Å². The molecule has 60 valence electrons. The van der Waals surface area contributed by atoms with E-state index in [1.807, 2.05) is 11.8 Å². The summed E-state index contributed by atoms with van der Waals surface area (Å²) in [6.45, 7) is 3.05. The first-order valence-corrected chi connectivity index (χ1v) is 5.14. The van der Waals surface area contributed by atoms with Gasteiger partial charge in [-0.25, -0.2) is 0 Å². The second-order valence-corrected chi connectivity index (χ2v) is 3.48. The zero-order valence-corrected chi connectivity index (χ0v) is 7.25. The summed E-state index contributed by atoms with van der Waals surface area (Å²) in [5, 5.41) is 3.17. The zero-order chi connectivity index (χ0) is 7.23. The average molecular weight is 161 g/mol. The van der Waals surface area contributed by atoms with Gasteiger partial charge in [-0.05, 0) is 18.4 Å². The lowest BCUT2D eigenvalue weighted by atomic mass is 10.2. The third-order valence-electron chi connectivity index (χ3n) is 1.59. The van der Waals surface area contributed by atoms with Crippen LogP contribution < -0.4 is 5.32 Å². The number of rotatable bonds is 5. The fourth-order valence-electron chi connectivity index (χ4n) is 0.833. The van der Waals surface area contributed by atoms with Gasteiger partial charge in [0.15, 0.2) is 0 Å². The van der Waals surface area contributed by atoms with E-state index in [0.717, 1.165) is 19.7 Å². The van der Waals surface area contributed by atoms with Crippen molar-refractivity contribution in [1.29, 1.82) is 0 Å². The van der Waals surface area contributed by atoms with Crippen molar-refractivity contribution >= 4 is 11.8 Å². The number of hydrogen-bond donors (Lipinski definition) is 1. The van der Waals surface area contributed by atoms with Crippen LogP contribution in [-0.4, -0.2) is 37.8 Å². The molecule has 0 radical (unpaired) electrons. The second kappa shape index (κ2) is 4.99. The van der Waals surface area contributed by atoms with Crippen molar-refractivity contribution in [3.05, 3.63) is 0 Å². The standard InChI is InChI=1S/C7H15NOS/c1-10-4-2-3-9-7-5-8-6-7/h7-8H,2-6H2,1H3. The maximum atomic E-state index is 5.50. The Kier molecular flexibility index (Phi) is 4.18. The van der Waals surface area contributed by atoms with Gasteiger partial charge in [-0.15, -0.1) is 0 Å². The topological polar surface area (TPSA) is 21.3 Å². The summed E-state index contributed by atoms with van der Waals surface area (Å²) >= 11 is 1.88. The van der Waals surface area contributed by atoms with Crippen LogP contribution in [0.25, 0.3) is 0 Å². The molecule has 0 unspecified atom stereocenters. The van der Waals surface area contributed by atoms with Gasteiger partial charge in [-0.2, -0.15) is 11.8 Å². The van der Waals surface area contributed by atoms with Gasteiger partial charge in [0.25, 0.3) is 0 Å². The lowest BCUT2D eigenvalue weighted by molar-refractivity contribution is 0.0198. The lowest BCUT2D eigenvalue weighted by Gasteiger charge is -2.26. The highest BCUT2D eigenvalue weighted by atomic mass is 32.2. The SMILES string of the molecule is CSCCCOC1CNC1. The van der Waals surface area contributed by atoms with Crippen LogP contribution in [0.5, 0.6) is 0 Å². The summed E-state index contributed by atoms with van der Waals surface area (Å²) in [5.74, 6) is 1.22. The van der Waals surface area contributed by atoms with E-state index in [2.05, 4.69) is 11.6 Å². The summed E-state index contributed by atoms with van der Waals surface area (Å²) in [6.07, 6.45) is 3.84. The summed E-state index contributed by atoms with van der Waals surface area (Å²) in [7, 11) is 0. The molecule has 1 N–H and O–H groups in total. The van der Waals surface area contributed by atoms with Gasteiger partial charge < -0.3 is 10.1 Å². The number of nitrogens with one attached hydrogen (secondary N) is 1. The average Bonchev–Trinajstić information content (AvgIpc) is 1.84. The molecule has 2 nitrogen and oxygen atoms in total. The molecular weight excluding hydrogens is 146 g/mol. The van der Waals surface area contributed by atoms with E-state index in [4.69, 9.17) is 4.74 Å². The molecule has 3 heteroatoms. The zero-order valence-electron chi connectivity index (χ0n) is 6.43. The van der Waals surface area contributed by atoms with Gasteiger partial charge in [0.2, 0.25) is 0 Å². The third-order valence-corrected chi connectivity index (χ3v) is 2.29. The molecule has 0 amide bonds. The monoisotopic (exact) mass is 161 g/mol. The highest BCUT2D eigenvalue weighted by Crippen LogP contribution is 2.01. The maximum Gasteiger partial charge on any atom is 0.0823 e. The minimum absolute atomic E-state index is 0.516. The Morgan fingerprint density at radius 2 is 2.40 bits per heavy atom. The van der Waals surface area contributed by atoms with Crippen LogP contribution in [0.1, 0.15) is 6.42 Å². The summed E-state index contributed by atoms with van der Waals surface area (Å²) < 4.78 is 5.50. The van der Waals surface area contributed by atoms with Crippen molar-refractivity contribution < 1.29 is 4.74 Å². The van der Waals surface area contributed by atoms with Gasteiger partial charge in [-0.3, -0.25) is 0 Å². The van der Waals surface area contributed by atoms with Crippen LogP contribution in [0, 0.1) is 0 Å². The molecule has 0 aliphatic carbocycles. The maximum absolute atomic E-state index is 5.50. The molecule has 1 fully saturated rings. The van der Waals surface area contributed by atoms with Crippen LogP contribution in [0.15, 0.2) is 0 Å². The fraction of sp³-hybridized carbons (Fsp3) is 1.00. The third kappa shape index (κ3) is 2.90. The minimum Gasteiger partial charge on any atom is -0.376 e. The molecule has 0 spiro atoms. The van der Waals surface area contributed by atoms with Gasteiger partial charge in [0.05, 0.1) is 6.10 Å². The first-order chi connectivity index (χ1) is 4.93. The summed E-state index contributed by atoms with van der Waals surface area (Å²) in [4.78, 5) is 0. The molecule has 0 saturated carbocycles. The number of thioether (sulfide) groups is 1. The highest BCUT2D eigenvalue weighted by molar-refractivity contribution is 7.98. The molecule has 1 aliphatic heterocycles. The van der Waals surface area contributed by atoms with E-state index < -0.39 is 0 Å². The van der Waals surface area contributed by atoms with Crippen LogP contribution in [-0.2, 0) is 4.74 Å². The predicted molar refractivity (Wildman–Crippen MR) is 45.6 cm³/mol. The van der Waals surface area contributed by atoms with Crippen LogP contribution in [0.4, 0.5) is 0 Å². The molecular formula is C7H15NOS. The van der Waals surface area contributed by atoms with E-state index in [1.54, 1.807) is 0 Å². The number of ether oxygens (including phenoxy) is 1. The normalized spacial score (nSPS) is 18.9. The molecule has 0 aromatic heterocycles. The Morgan fingerprint density at radius 3 is 2.90 bits per heavy atom. The molecule has 0 aromatic carbocycles. The van der Waals surface area contributed by atoms with E-state index in [9.17, 15) is 0 Å². The molecule has 1 aliphatic rings. The van der Waals surface area contributed by atoms with Crippen molar-refractivity contribution in [2.75, 3.05) is 31.7 Å². The predicted octanol–water partition coefficient (Wildman–Crippen LogP) is 0.728. The van der Waals surface area contributed by atoms with Gasteiger partial charge in [0, 0.05) is 19.7 Å². The van der Waals surface area contributed by atoms with E-state index in [0.29, 0.717) is 6.10 Å². The Hall–Kier alpha value is 0.270. The van der Waals surface area contributed by atoms with Gasteiger partial charge in [0.1, 0.15) is 0 Å². The fourth-order valence-corrected chi connectivity index (χ4v) is 1.24. The Labute approximate surface area is 66.7 Å². The van der Waals surface area contributed by atoms with Crippen LogP contribution in [0.3, 0.4) is 0 Å². The largest absolute Gasteiger partial charge is 0.376 e. The minimum atomic E-state index is 0.516. The van der Waals surface area contributed by atoms with Crippen molar-refractivity contribution in [2.45, 2.75) is 12.5 Å². The number of hydrogen-bond acceptors (Lipinski definition) is 3. The summed E-state index contributed by atoms with van der Waals surface area (Å²) in [6, 6.07) is 0.